The predicted molar refractivity (Wildman–Crippen MR) is 71.2 cm³/mol. The second-order valence-corrected chi connectivity index (χ2v) is 5.38. The van der Waals surface area contributed by atoms with Crippen molar-refractivity contribution in [1.82, 2.24) is 0 Å². The van der Waals surface area contributed by atoms with E-state index in [4.69, 9.17) is 0 Å². The van der Waals surface area contributed by atoms with Gasteiger partial charge in [-0.2, -0.15) is 0 Å². The molecule has 0 saturated heterocycles. The summed E-state index contributed by atoms with van der Waals surface area (Å²) < 4.78 is 0. The van der Waals surface area contributed by atoms with Gasteiger partial charge < -0.3 is 0 Å². The average Bonchev–Trinajstić information content (AvgIpc) is 2.27. The van der Waals surface area contributed by atoms with Crippen molar-refractivity contribution in [3.05, 3.63) is 29.8 Å². The molecule has 0 radical (unpaired) electrons. The van der Waals surface area contributed by atoms with E-state index in [1.807, 2.05) is 30.0 Å². The molecule has 0 spiro atoms. The lowest BCUT2D eigenvalue weighted by atomic mass is 10.1. The van der Waals surface area contributed by atoms with Gasteiger partial charge in [-0.05, 0) is 25.0 Å². The zero-order valence-corrected chi connectivity index (χ0v) is 11.1. The SMILES string of the molecule is CCCC(C)CSc1cccc(C(C)=O)c1. The number of Topliss-reactive ketones (excluding diaryl/α,β-unsaturated/α-hetero) is 1. The van der Waals surface area contributed by atoms with Gasteiger partial charge in [-0.25, -0.2) is 0 Å². The highest BCUT2D eigenvalue weighted by Gasteiger charge is 2.04. The summed E-state index contributed by atoms with van der Waals surface area (Å²) >= 11 is 1.85. The Balaban J connectivity index is 2.54. The molecule has 0 N–H and O–H groups in total. The lowest BCUT2D eigenvalue weighted by molar-refractivity contribution is 0.101. The van der Waals surface area contributed by atoms with Crippen LogP contribution < -0.4 is 0 Å². The first-order chi connectivity index (χ1) is 7.63. The number of thioether (sulfide) groups is 1. The van der Waals surface area contributed by atoms with E-state index in [2.05, 4.69) is 19.9 Å². The summed E-state index contributed by atoms with van der Waals surface area (Å²) in [7, 11) is 0. The maximum absolute atomic E-state index is 11.2. The van der Waals surface area contributed by atoms with Gasteiger partial charge in [0.2, 0.25) is 0 Å². The van der Waals surface area contributed by atoms with Gasteiger partial charge in [0.15, 0.2) is 5.78 Å². The molecule has 0 heterocycles. The summed E-state index contributed by atoms with van der Waals surface area (Å²) in [5.74, 6) is 2.02. The smallest absolute Gasteiger partial charge is 0.159 e. The molecular weight excluding hydrogens is 216 g/mol. The average molecular weight is 236 g/mol. The molecule has 1 nitrogen and oxygen atoms in total. The van der Waals surface area contributed by atoms with E-state index in [0.29, 0.717) is 0 Å². The minimum Gasteiger partial charge on any atom is -0.295 e. The maximum atomic E-state index is 11.2. The molecular formula is C14H20OS. The van der Waals surface area contributed by atoms with E-state index in [0.717, 1.165) is 17.2 Å². The molecule has 88 valence electrons. The first-order valence-corrected chi connectivity index (χ1v) is 6.85. The normalized spacial score (nSPS) is 12.4. The first kappa shape index (κ1) is 13.3. The number of carbonyl (C=O) groups is 1. The molecule has 1 aromatic rings. The van der Waals surface area contributed by atoms with Crippen LogP contribution in [0.4, 0.5) is 0 Å². The Hall–Kier alpha value is -0.760. The van der Waals surface area contributed by atoms with Crippen molar-refractivity contribution < 1.29 is 4.79 Å². The van der Waals surface area contributed by atoms with E-state index >= 15 is 0 Å². The van der Waals surface area contributed by atoms with E-state index in [-0.39, 0.29) is 5.78 Å². The number of rotatable bonds is 6. The summed E-state index contributed by atoms with van der Waals surface area (Å²) in [5.41, 5.74) is 0.813. The number of ketones is 1. The monoisotopic (exact) mass is 236 g/mol. The Labute approximate surface area is 103 Å². The minimum absolute atomic E-state index is 0.143. The third-order valence-electron chi connectivity index (χ3n) is 2.56. The van der Waals surface area contributed by atoms with Gasteiger partial charge in [-0.3, -0.25) is 4.79 Å². The predicted octanol–water partition coefficient (Wildman–Crippen LogP) is 4.42. The zero-order valence-electron chi connectivity index (χ0n) is 10.3. The number of carbonyl (C=O) groups excluding carboxylic acids is 1. The number of benzene rings is 1. The molecule has 0 amide bonds. The van der Waals surface area contributed by atoms with E-state index in [9.17, 15) is 4.79 Å². The highest BCUT2D eigenvalue weighted by Crippen LogP contribution is 2.23. The van der Waals surface area contributed by atoms with Crippen LogP contribution in [0.5, 0.6) is 0 Å². The molecule has 0 bridgehead atoms. The molecule has 0 aliphatic heterocycles. The van der Waals surface area contributed by atoms with Crippen LogP contribution in [0.25, 0.3) is 0 Å². The fraction of sp³-hybridized carbons (Fsp3) is 0.500. The van der Waals surface area contributed by atoms with Crippen molar-refractivity contribution in [2.75, 3.05) is 5.75 Å². The van der Waals surface area contributed by atoms with Crippen LogP contribution in [-0.2, 0) is 0 Å². The van der Waals surface area contributed by atoms with E-state index < -0.39 is 0 Å². The van der Waals surface area contributed by atoms with Crippen LogP contribution in [0.1, 0.15) is 44.0 Å². The van der Waals surface area contributed by atoms with Crippen molar-refractivity contribution in [1.29, 1.82) is 0 Å². The van der Waals surface area contributed by atoms with Crippen LogP contribution >= 0.6 is 11.8 Å². The molecule has 2 heteroatoms. The van der Waals surface area contributed by atoms with E-state index in [1.165, 1.54) is 17.7 Å². The van der Waals surface area contributed by atoms with Crippen LogP contribution in [-0.4, -0.2) is 11.5 Å². The van der Waals surface area contributed by atoms with Gasteiger partial charge in [0, 0.05) is 16.2 Å². The zero-order chi connectivity index (χ0) is 12.0. The summed E-state index contributed by atoms with van der Waals surface area (Å²) in [6, 6.07) is 7.91. The highest BCUT2D eigenvalue weighted by molar-refractivity contribution is 7.99. The summed E-state index contributed by atoms with van der Waals surface area (Å²) in [6.45, 7) is 6.12. The Kier molecular flexibility index (Phi) is 5.61. The molecule has 16 heavy (non-hydrogen) atoms. The minimum atomic E-state index is 0.143. The summed E-state index contributed by atoms with van der Waals surface area (Å²) in [4.78, 5) is 12.4. The van der Waals surface area contributed by atoms with Gasteiger partial charge >= 0.3 is 0 Å². The molecule has 0 saturated carbocycles. The van der Waals surface area contributed by atoms with Crippen molar-refractivity contribution in [2.45, 2.75) is 38.5 Å². The lowest BCUT2D eigenvalue weighted by Crippen LogP contribution is -1.97. The van der Waals surface area contributed by atoms with Gasteiger partial charge in [0.1, 0.15) is 0 Å². The Morgan fingerprint density at radius 1 is 1.44 bits per heavy atom. The fourth-order valence-corrected chi connectivity index (χ4v) is 2.65. The van der Waals surface area contributed by atoms with Crippen LogP contribution in [0, 0.1) is 5.92 Å². The van der Waals surface area contributed by atoms with Crippen LogP contribution in [0.3, 0.4) is 0 Å². The summed E-state index contributed by atoms with van der Waals surface area (Å²) in [6.07, 6.45) is 2.52. The van der Waals surface area contributed by atoms with E-state index in [1.54, 1.807) is 6.92 Å². The topological polar surface area (TPSA) is 17.1 Å². The molecule has 0 aliphatic rings. The van der Waals surface area contributed by atoms with Crippen LogP contribution in [0.2, 0.25) is 0 Å². The maximum Gasteiger partial charge on any atom is 0.159 e. The fourth-order valence-electron chi connectivity index (χ4n) is 1.62. The van der Waals surface area contributed by atoms with Crippen molar-refractivity contribution in [2.24, 2.45) is 5.92 Å². The van der Waals surface area contributed by atoms with Gasteiger partial charge in [0.25, 0.3) is 0 Å². The number of hydrogen-bond donors (Lipinski definition) is 0. The van der Waals surface area contributed by atoms with Gasteiger partial charge in [-0.15, -0.1) is 11.8 Å². The highest BCUT2D eigenvalue weighted by atomic mass is 32.2. The Morgan fingerprint density at radius 2 is 2.19 bits per heavy atom. The molecule has 1 aromatic carbocycles. The van der Waals surface area contributed by atoms with Gasteiger partial charge in [-0.1, -0.05) is 38.8 Å². The van der Waals surface area contributed by atoms with Crippen LogP contribution in [0.15, 0.2) is 29.2 Å². The van der Waals surface area contributed by atoms with Crippen molar-refractivity contribution in [3.8, 4) is 0 Å². The number of hydrogen-bond acceptors (Lipinski definition) is 2. The Bertz CT molecular complexity index is 346. The molecule has 1 rings (SSSR count). The molecule has 0 aliphatic carbocycles. The quantitative estimate of drug-likeness (QED) is 0.537. The second kappa shape index (κ2) is 6.74. The standard InChI is InChI=1S/C14H20OS/c1-4-6-11(2)10-16-14-8-5-7-13(9-14)12(3)15/h5,7-9,11H,4,6,10H2,1-3H3. The third-order valence-corrected chi connectivity index (χ3v) is 3.88. The Morgan fingerprint density at radius 3 is 2.81 bits per heavy atom. The second-order valence-electron chi connectivity index (χ2n) is 4.29. The molecule has 1 atom stereocenters. The lowest BCUT2D eigenvalue weighted by Gasteiger charge is -2.09. The largest absolute Gasteiger partial charge is 0.295 e. The van der Waals surface area contributed by atoms with Gasteiger partial charge in [0.05, 0.1) is 0 Å². The molecule has 0 aromatic heterocycles. The molecule has 0 fully saturated rings. The van der Waals surface area contributed by atoms with Crippen molar-refractivity contribution >= 4 is 17.5 Å². The molecule has 1 unspecified atom stereocenters. The first-order valence-electron chi connectivity index (χ1n) is 5.87. The van der Waals surface area contributed by atoms with Crippen molar-refractivity contribution in [3.63, 3.8) is 0 Å². The summed E-state index contributed by atoms with van der Waals surface area (Å²) in [5, 5.41) is 0. The third kappa shape index (κ3) is 4.40.